The average Bonchev–Trinajstić information content (AvgIpc) is 2.97. The molecule has 8 heteroatoms. The van der Waals surface area contributed by atoms with E-state index in [2.05, 4.69) is 37.4 Å². The Labute approximate surface area is 212 Å². The van der Waals surface area contributed by atoms with E-state index in [1.165, 1.54) is 10.5 Å². The molecule has 1 fully saturated rings. The van der Waals surface area contributed by atoms with Crippen LogP contribution in [0.25, 0.3) is 0 Å². The summed E-state index contributed by atoms with van der Waals surface area (Å²) in [5, 5.41) is 13.4. The number of nitriles is 1. The third-order valence-electron chi connectivity index (χ3n) is 5.98. The summed E-state index contributed by atoms with van der Waals surface area (Å²) in [5.74, 6) is 0.699. The molecule has 1 heterocycles. The van der Waals surface area contributed by atoms with Gasteiger partial charge < -0.3 is 15.0 Å². The van der Waals surface area contributed by atoms with Crippen LogP contribution in [0.1, 0.15) is 50.8 Å². The van der Waals surface area contributed by atoms with Crippen LogP contribution in [-0.2, 0) is 11.3 Å². The van der Waals surface area contributed by atoms with E-state index in [0.29, 0.717) is 52.6 Å². The molecule has 0 aliphatic carbocycles. The highest BCUT2D eigenvalue weighted by atomic mass is 35.5. The van der Waals surface area contributed by atoms with Crippen molar-refractivity contribution in [3.05, 3.63) is 58.1 Å². The molecule has 0 bridgehead atoms. The van der Waals surface area contributed by atoms with Gasteiger partial charge in [-0.05, 0) is 74.8 Å². The molecule has 2 aromatic rings. The summed E-state index contributed by atoms with van der Waals surface area (Å²) in [5.41, 5.74) is 2.05. The van der Waals surface area contributed by atoms with Crippen LogP contribution in [0.2, 0.25) is 5.02 Å². The van der Waals surface area contributed by atoms with Crippen LogP contribution in [-0.4, -0.2) is 40.7 Å². The van der Waals surface area contributed by atoms with E-state index in [9.17, 15) is 10.1 Å². The Morgan fingerprint density at radius 2 is 1.88 bits per heavy atom. The second kappa shape index (κ2) is 10.7. The van der Waals surface area contributed by atoms with Crippen LogP contribution in [0.15, 0.2) is 36.4 Å². The van der Waals surface area contributed by atoms with Gasteiger partial charge in [-0.2, -0.15) is 5.26 Å². The molecular weight excluding hydrogens is 468 g/mol. The average molecular weight is 499 g/mol. The molecule has 1 saturated heterocycles. The summed E-state index contributed by atoms with van der Waals surface area (Å²) in [4.78, 5) is 16.8. The SMILES string of the molecule is Cc1c(N2C(=O)C(C)(C)N(CCCOc3ccc(CNC(C)C)cc3)C2=S)ccc(C#N)c1Cl. The zero-order valence-corrected chi connectivity index (χ0v) is 21.9. The number of nitrogens with zero attached hydrogens (tertiary/aromatic N) is 3. The van der Waals surface area contributed by atoms with E-state index >= 15 is 0 Å². The van der Waals surface area contributed by atoms with Crippen molar-refractivity contribution in [3.63, 3.8) is 0 Å². The van der Waals surface area contributed by atoms with Crippen molar-refractivity contribution in [1.82, 2.24) is 10.2 Å². The number of carbonyl (C=O) groups is 1. The minimum absolute atomic E-state index is 0.118. The Balaban J connectivity index is 1.62. The maximum absolute atomic E-state index is 13.3. The number of ether oxygens (including phenoxy) is 1. The highest BCUT2D eigenvalue weighted by Crippen LogP contribution is 2.37. The zero-order chi connectivity index (χ0) is 25.0. The molecule has 1 N–H and O–H groups in total. The topological polar surface area (TPSA) is 68.6 Å². The van der Waals surface area contributed by atoms with Crippen molar-refractivity contribution in [1.29, 1.82) is 5.26 Å². The van der Waals surface area contributed by atoms with Gasteiger partial charge in [0.05, 0.1) is 22.9 Å². The van der Waals surface area contributed by atoms with Crippen molar-refractivity contribution in [2.24, 2.45) is 0 Å². The number of hydrogen-bond donors (Lipinski definition) is 1. The van der Waals surface area contributed by atoms with Gasteiger partial charge in [0.15, 0.2) is 5.11 Å². The number of carbonyl (C=O) groups excluding carboxylic acids is 1. The van der Waals surface area contributed by atoms with Crippen LogP contribution in [0.4, 0.5) is 5.69 Å². The molecule has 0 radical (unpaired) electrons. The first kappa shape index (κ1) is 26.0. The van der Waals surface area contributed by atoms with E-state index in [4.69, 9.17) is 28.6 Å². The molecule has 1 amide bonds. The van der Waals surface area contributed by atoms with E-state index in [1.807, 2.05) is 30.9 Å². The predicted molar refractivity (Wildman–Crippen MR) is 140 cm³/mol. The van der Waals surface area contributed by atoms with Gasteiger partial charge in [-0.25, -0.2) is 0 Å². The molecule has 6 nitrogen and oxygen atoms in total. The van der Waals surface area contributed by atoms with E-state index in [-0.39, 0.29) is 5.91 Å². The third kappa shape index (κ3) is 5.35. The fourth-order valence-electron chi connectivity index (χ4n) is 3.86. The van der Waals surface area contributed by atoms with Gasteiger partial charge in [0, 0.05) is 19.1 Å². The number of anilines is 1. The number of nitrogens with one attached hydrogen (secondary N) is 1. The van der Waals surface area contributed by atoms with Gasteiger partial charge in [-0.3, -0.25) is 9.69 Å². The standard InChI is InChI=1S/C26H31ClN4O2S/c1-17(2)29-16-19-7-10-21(11-8-19)33-14-6-13-30-25(34)31(24(32)26(30,4)5)22-12-9-20(15-28)23(27)18(22)3/h7-12,17,29H,6,13-14,16H2,1-5H3. The van der Waals surface area contributed by atoms with Crippen molar-refractivity contribution >= 4 is 40.5 Å². The molecule has 1 aliphatic heterocycles. The fourth-order valence-corrected chi connectivity index (χ4v) is 4.57. The zero-order valence-electron chi connectivity index (χ0n) is 20.3. The van der Waals surface area contributed by atoms with Crippen molar-refractivity contribution in [3.8, 4) is 11.8 Å². The van der Waals surface area contributed by atoms with Gasteiger partial charge in [-0.15, -0.1) is 0 Å². The largest absolute Gasteiger partial charge is 0.494 e. The lowest BCUT2D eigenvalue weighted by molar-refractivity contribution is -0.123. The molecule has 34 heavy (non-hydrogen) atoms. The smallest absolute Gasteiger partial charge is 0.258 e. The number of hydrogen-bond acceptors (Lipinski definition) is 5. The van der Waals surface area contributed by atoms with E-state index < -0.39 is 5.54 Å². The van der Waals surface area contributed by atoms with Crippen LogP contribution >= 0.6 is 23.8 Å². The molecule has 3 rings (SSSR count). The second-order valence-corrected chi connectivity index (χ2v) is 9.94. The summed E-state index contributed by atoms with van der Waals surface area (Å²) in [6.07, 6.45) is 0.703. The molecule has 2 aromatic carbocycles. The van der Waals surface area contributed by atoms with Gasteiger partial charge in [0.25, 0.3) is 5.91 Å². The monoisotopic (exact) mass is 498 g/mol. The van der Waals surface area contributed by atoms with Crippen LogP contribution in [0, 0.1) is 18.3 Å². The van der Waals surface area contributed by atoms with Crippen molar-refractivity contribution < 1.29 is 9.53 Å². The van der Waals surface area contributed by atoms with Crippen LogP contribution in [0.5, 0.6) is 5.75 Å². The first-order valence-corrected chi connectivity index (χ1v) is 12.2. The molecule has 0 atom stereocenters. The molecule has 0 aromatic heterocycles. The lowest BCUT2D eigenvalue weighted by Gasteiger charge is -2.29. The molecule has 1 aliphatic rings. The summed E-state index contributed by atoms with van der Waals surface area (Å²) in [6, 6.07) is 13.9. The summed E-state index contributed by atoms with van der Waals surface area (Å²) >= 11 is 12.1. The normalized spacial score (nSPS) is 15.2. The maximum Gasteiger partial charge on any atom is 0.258 e. The number of halogens is 1. The van der Waals surface area contributed by atoms with Gasteiger partial charge in [0.1, 0.15) is 17.4 Å². The van der Waals surface area contributed by atoms with Crippen LogP contribution < -0.4 is 15.0 Å². The number of thiocarbonyl (C=S) groups is 1. The summed E-state index contributed by atoms with van der Waals surface area (Å²) in [6.45, 7) is 11.7. The van der Waals surface area contributed by atoms with E-state index in [0.717, 1.165) is 12.3 Å². The number of benzene rings is 2. The lowest BCUT2D eigenvalue weighted by atomic mass is 10.0. The Bertz CT molecular complexity index is 1110. The molecule has 0 spiro atoms. The predicted octanol–water partition coefficient (Wildman–Crippen LogP) is 5.20. The number of rotatable bonds is 9. The van der Waals surface area contributed by atoms with Crippen molar-refractivity contribution in [2.75, 3.05) is 18.1 Å². The highest BCUT2D eigenvalue weighted by molar-refractivity contribution is 7.80. The highest BCUT2D eigenvalue weighted by Gasteiger charge is 2.49. The second-order valence-electron chi connectivity index (χ2n) is 9.20. The molecular formula is C26H31ClN4O2S. The number of amides is 1. The van der Waals surface area contributed by atoms with Gasteiger partial charge in [-0.1, -0.05) is 37.6 Å². The van der Waals surface area contributed by atoms with Crippen LogP contribution in [0.3, 0.4) is 0 Å². The van der Waals surface area contributed by atoms with Crippen molar-refractivity contribution in [2.45, 2.75) is 59.2 Å². The minimum Gasteiger partial charge on any atom is -0.494 e. The quantitative estimate of drug-likeness (QED) is 0.378. The Kier molecular flexibility index (Phi) is 8.19. The Morgan fingerprint density at radius 1 is 1.21 bits per heavy atom. The third-order valence-corrected chi connectivity index (χ3v) is 6.87. The fraction of sp³-hybridized carbons (Fsp3) is 0.423. The first-order chi connectivity index (χ1) is 16.1. The Morgan fingerprint density at radius 3 is 2.50 bits per heavy atom. The summed E-state index contributed by atoms with van der Waals surface area (Å²) in [7, 11) is 0. The first-order valence-electron chi connectivity index (χ1n) is 11.4. The molecule has 180 valence electrons. The lowest BCUT2D eigenvalue weighted by Crippen LogP contribution is -2.44. The van der Waals surface area contributed by atoms with Gasteiger partial charge in [0.2, 0.25) is 0 Å². The summed E-state index contributed by atoms with van der Waals surface area (Å²) < 4.78 is 5.91. The Hall–Kier alpha value is -2.66. The maximum atomic E-state index is 13.3. The molecule has 0 saturated carbocycles. The minimum atomic E-state index is -0.797. The molecule has 0 unspecified atom stereocenters. The van der Waals surface area contributed by atoms with E-state index in [1.54, 1.807) is 19.1 Å². The van der Waals surface area contributed by atoms with Gasteiger partial charge >= 0.3 is 0 Å².